The van der Waals surface area contributed by atoms with Crippen LogP contribution in [0.1, 0.15) is 12.6 Å². The molecular weight excluding hydrogens is 226 g/mol. The Morgan fingerprint density at radius 1 is 1.50 bits per heavy atom. The summed E-state index contributed by atoms with van der Waals surface area (Å²) in [7, 11) is 0. The van der Waals surface area contributed by atoms with Gasteiger partial charge in [0.1, 0.15) is 5.78 Å². The Morgan fingerprint density at radius 2 is 2.31 bits per heavy atom. The van der Waals surface area contributed by atoms with Crippen LogP contribution in [-0.4, -0.2) is 20.8 Å². The molecule has 0 bridgehead atoms. The first-order valence-electron chi connectivity index (χ1n) is 4.82. The maximum atomic E-state index is 11.1. The van der Waals surface area contributed by atoms with Crippen LogP contribution in [0.3, 0.4) is 0 Å². The summed E-state index contributed by atoms with van der Waals surface area (Å²) in [6.07, 6.45) is 1.90. The molecular formula is C11H10ClN3O. The van der Waals surface area contributed by atoms with Crippen molar-refractivity contribution < 1.29 is 4.79 Å². The molecule has 82 valence electrons. The molecule has 2 aromatic rings. The van der Waals surface area contributed by atoms with E-state index in [0.29, 0.717) is 11.4 Å². The first-order chi connectivity index (χ1) is 7.66. The highest BCUT2D eigenvalue weighted by molar-refractivity contribution is 6.30. The number of hydrogen-bond acceptors (Lipinski definition) is 3. The van der Waals surface area contributed by atoms with Gasteiger partial charge in [0, 0.05) is 5.02 Å². The van der Waals surface area contributed by atoms with Crippen LogP contribution >= 0.6 is 11.6 Å². The Bertz CT molecular complexity index is 521. The van der Waals surface area contributed by atoms with Crippen LogP contribution in [0, 0.1) is 0 Å². The van der Waals surface area contributed by atoms with E-state index < -0.39 is 0 Å². The fourth-order valence-corrected chi connectivity index (χ4v) is 1.64. The molecule has 5 heteroatoms. The van der Waals surface area contributed by atoms with Gasteiger partial charge < -0.3 is 0 Å². The molecule has 0 aliphatic rings. The van der Waals surface area contributed by atoms with Crippen LogP contribution in [0.4, 0.5) is 0 Å². The molecule has 0 N–H and O–H groups in total. The number of nitrogens with zero attached hydrogens (tertiary/aromatic N) is 3. The average Bonchev–Trinajstić information content (AvgIpc) is 2.65. The number of carbonyl (C=O) groups excluding carboxylic acids is 1. The van der Waals surface area contributed by atoms with E-state index >= 15 is 0 Å². The highest BCUT2D eigenvalue weighted by atomic mass is 35.5. The predicted molar refractivity (Wildman–Crippen MR) is 60.8 cm³/mol. The first-order valence-corrected chi connectivity index (χ1v) is 5.19. The van der Waals surface area contributed by atoms with Crippen molar-refractivity contribution in [2.75, 3.05) is 0 Å². The van der Waals surface area contributed by atoms with Crippen LogP contribution < -0.4 is 0 Å². The molecule has 0 fully saturated rings. The summed E-state index contributed by atoms with van der Waals surface area (Å²) >= 11 is 5.89. The number of Topliss-reactive ketones (excluding diaryl/α,β-unsaturated/α-hetero) is 1. The lowest BCUT2D eigenvalue weighted by molar-refractivity contribution is -0.116. The van der Waals surface area contributed by atoms with Gasteiger partial charge in [0.25, 0.3) is 0 Å². The molecule has 1 heterocycles. The molecule has 2 rings (SSSR count). The summed E-state index contributed by atoms with van der Waals surface area (Å²) in [6.45, 7) is 1.54. The summed E-state index contributed by atoms with van der Waals surface area (Å²) in [4.78, 5) is 11.1. The summed E-state index contributed by atoms with van der Waals surface area (Å²) in [6, 6.07) is 7.26. The molecule has 1 aromatic carbocycles. The number of carbonyl (C=O) groups is 1. The van der Waals surface area contributed by atoms with E-state index in [4.69, 9.17) is 11.6 Å². The molecule has 0 amide bonds. The third-order valence-electron chi connectivity index (χ3n) is 2.10. The van der Waals surface area contributed by atoms with Gasteiger partial charge in [0.2, 0.25) is 0 Å². The van der Waals surface area contributed by atoms with Crippen LogP contribution in [0.15, 0.2) is 30.5 Å². The Labute approximate surface area is 97.8 Å². The lowest BCUT2D eigenvalue weighted by atomic mass is 10.2. The van der Waals surface area contributed by atoms with Gasteiger partial charge in [-0.25, -0.2) is 4.68 Å². The standard InChI is InChI=1S/C11H10ClN3O/c1-8(16)5-11-7-13-14-15(11)10-4-2-3-9(12)6-10/h2-4,6-7H,5H2,1H3. The van der Waals surface area contributed by atoms with E-state index in [2.05, 4.69) is 10.3 Å². The van der Waals surface area contributed by atoms with Crippen molar-refractivity contribution in [3.8, 4) is 5.69 Å². The Balaban J connectivity index is 2.40. The fraction of sp³-hybridized carbons (Fsp3) is 0.182. The van der Waals surface area contributed by atoms with E-state index in [1.54, 1.807) is 23.0 Å². The molecule has 0 spiro atoms. The minimum atomic E-state index is 0.0746. The quantitative estimate of drug-likeness (QED) is 0.818. The normalized spacial score (nSPS) is 10.4. The number of ketones is 1. The maximum Gasteiger partial charge on any atom is 0.135 e. The zero-order valence-electron chi connectivity index (χ0n) is 8.72. The smallest absolute Gasteiger partial charge is 0.135 e. The minimum Gasteiger partial charge on any atom is -0.300 e. The summed E-state index contributed by atoms with van der Waals surface area (Å²) < 4.78 is 1.62. The van der Waals surface area contributed by atoms with Gasteiger partial charge >= 0.3 is 0 Å². The van der Waals surface area contributed by atoms with Crippen LogP contribution in [0.2, 0.25) is 5.02 Å². The van der Waals surface area contributed by atoms with Crippen LogP contribution in [0.25, 0.3) is 5.69 Å². The average molecular weight is 236 g/mol. The molecule has 4 nitrogen and oxygen atoms in total. The van der Waals surface area contributed by atoms with E-state index in [0.717, 1.165) is 11.4 Å². The topological polar surface area (TPSA) is 47.8 Å². The molecule has 0 saturated heterocycles. The number of halogens is 1. The van der Waals surface area contributed by atoms with Crippen LogP contribution in [0.5, 0.6) is 0 Å². The molecule has 0 radical (unpaired) electrons. The van der Waals surface area contributed by atoms with Gasteiger partial charge in [0.15, 0.2) is 0 Å². The van der Waals surface area contributed by atoms with E-state index in [-0.39, 0.29) is 5.78 Å². The second kappa shape index (κ2) is 4.45. The lowest BCUT2D eigenvalue weighted by Gasteiger charge is -2.04. The third kappa shape index (κ3) is 2.28. The first kappa shape index (κ1) is 10.8. The number of benzene rings is 1. The fourth-order valence-electron chi connectivity index (χ4n) is 1.46. The lowest BCUT2D eigenvalue weighted by Crippen LogP contribution is -2.06. The summed E-state index contributed by atoms with van der Waals surface area (Å²) in [5.41, 5.74) is 1.57. The van der Waals surface area contributed by atoms with E-state index in [1.165, 1.54) is 6.92 Å². The van der Waals surface area contributed by atoms with Crippen LogP contribution in [-0.2, 0) is 11.2 Å². The van der Waals surface area contributed by atoms with Crippen molar-refractivity contribution in [3.63, 3.8) is 0 Å². The van der Waals surface area contributed by atoms with E-state index in [9.17, 15) is 4.79 Å². The predicted octanol–water partition coefficient (Wildman–Crippen LogP) is 2.05. The van der Waals surface area contributed by atoms with Gasteiger partial charge in [-0.3, -0.25) is 4.79 Å². The summed E-state index contributed by atoms with van der Waals surface area (Å²) in [5, 5.41) is 8.36. The third-order valence-corrected chi connectivity index (χ3v) is 2.34. The Kier molecular flexibility index (Phi) is 3.01. The second-order valence-corrected chi connectivity index (χ2v) is 3.93. The highest BCUT2D eigenvalue weighted by Crippen LogP contribution is 2.15. The number of rotatable bonds is 3. The Hall–Kier alpha value is -1.68. The zero-order valence-corrected chi connectivity index (χ0v) is 9.48. The van der Waals surface area contributed by atoms with Gasteiger partial charge in [-0.2, -0.15) is 0 Å². The van der Waals surface area contributed by atoms with Crippen molar-refractivity contribution in [3.05, 3.63) is 41.2 Å². The monoisotopic (exact) mass is 235 g/mol. The molecule has 0 aliphatic carbocycles. The van der Waals surface area contributed by atoms with Crippen molar-refractivity contribution >= 4 is 17.4 Å². The van der Waals surface area contributed by atoms with Crippen molar-refractivity contribution in [1.82, 2.24) is 15.0 Å². The molecule has 16 heavy (non-hydrogen) atoms. The number of aromatic nitrogens is 3. The zero-order chi connectivity index (χ0) is 11.5. The summed E-state index contributed by atoms with van der Waals surface area (Å²) in [5.74, 6) is 0.0746. The molecule has 0 aliphatic heterocycles. The van der Waals surface area contributed by atoms with Gasteiger partial charge in [-0.15, -0.1) is 5.10 Å². The van der Waals surface area contributed by atoms with E-state index in [1.807, 2.05) is 12.1 Å². The molecule has 1 aromatic heterocycles. The maximum absolute atomic E-state index is 11.1. The molecule has 0 atom stereocenters. The van der Waals surface area contributed by atoms with Gasteiger partial charge in [-0.1, -0.05) is 22.9 Å². The Morgan fingerprint density at radius 3 is 3.00 bits per heavy atom. The SMILES string of the molecule is CC(=O)Cc1cnnn1-c1cccc(Cl)c1. The largest absolute Gasteiger partial charge is 0.300 e. The van der Waals surface area contributed by atoms with Gasteiger partial charge in [-0.05, 0) is 25.1 Å². The molecule has 0 unspecified atom stereocenters. The van der Waals surface area contributed by atoms with Crippen molar-refractivity contribution in [2.24, 2.45) is 0 Å². The van der Waals surface area contributed by atoms with Crippen molar-refractivity contribution in [2.45, 2.75) is 13.3 Å². The van der Waals surface area contributed by atoms with Crippen molar-refractivity contribution in [1.29, 1.82) is 0 Å². The van der Waals surface area contributed by atoms with Gasteiger partial charge in [0.05, 0.1) is 24.0 Å². The second-order valence-electron chi connectivity index (χ2n) is 3.50. The number of hydrogen-bond donors (Lipinski definition) is 0. The highest BCUT2D eigenvalue weighted by Gasteiger charge is 2.08. The molecule has 0 saturated carbocycles. The minimum absolute atomic E-state index is 0.0746.